The molecule has 0 aliphatic carbocycles. The van der Waals surface area contributed by atoms with Crippen LogP contribution in [0, 0.1) is 0 Å². The first-order valence-corrected chi connectivity index (χ1v) is 6.15. The lowest BCUT2D eigenvalue weighted by Gasteiger charge is -1.97. The SMILES string of the molecule is CCOC(=O)CC=Cc1ccc2[nH]nc(C(=O)O)c2c1. The van der Waals surface area contributed by atoms with Crippen LogP contribution in [0.25, 0.3) is 17.0 Å². The number of ether oxygens (including phenoxy) is 1. The Morgan fingerprint density at radius 3 is 2.95 bits per heavy atom. The highest BCUT2D eigenvalue weighted by Crippen LogP contribution is 2.18. The topological polar surface area (TPSA) is 92.3 Å². The highest BCUT2D eigenvalue weighted by atomic mass is 16.5. The zero-order chi connectivity index (χ0) is 14.5. The molecule has 0 atom stereocenters. The van der Waals surface area contributed by atoms with Gasteiger partial charge >= 0.3 is 11.9 Å². The Labute approximate surface area is 115 Å². The number of nitrogens with one attached hydrogen (secondary N) is 1. The largest absolute Gasteiger partial charge is 0.476 e. The van der Waals surface area contributed by atoms with Gasteiger partial charge in [-0.3, -0.25) is 9.89 Å². The number of hydrogen-bond acceptors (Lipinski definition) is 4. The molecule has 1 heterocycles. The maximum Gasteiger partial charge on any atom is 0.357 e. The Hall–Kier alpha value is -2.63. The van der Waals surface area contributed by atoms with E-state index in [1.165, 1.54) is 0 Å². The molecule has 0 aliphatic heterocycles. The predicted octanol–water partition coefficient (Wildman–Crippen LogP) is 2.23. The fourth-order valence-electron chi connectivity index (χ4n) is 1.81. The third-order valence-electron chi connectivity index (χ3n) is 2.69. The van der Waals surface area contributed by atoms with Gasteiger partial charge in [0.15, 0.2) is 5.69 Å². The van der Waals surface area contributed by atoms with Crippen molar-refractivity contribution in [3.8, 4) is 0 Å². The molecule has 1 aromatic carbocycles. The van der Waals surface area contributed by atoms with Gasteiger partial charge in [0, 0.05) is 5.39 Å². The van der Waals surface area contributed by atoms with Crippen LogP contribution >= 0.6 is 0 Å². The molecule has 20 heavy (non-hydrogen) atoms. The van der Waals surface area contributed by atoms with E-state index >= 15 is 0 Å². The van der Waals surface area contributed by atoms with Crippen molar-refractivity contribution in [3.05, 3.63) is 35.5 Å². The molecule has 2 N–H and O–H groups in total. The molecule has 0 fully saturated rings. The maximum absolute atomic E-state index is 11.2. The lowest BCUT2D eigenvalue weighted by Crippen LogP contribution is -2.01. The fourth-order valence-corrected chi connectivity index (χ4v) is 1.81. The van der Waals surface area contributed by atoms with Crippen LogP contribution in [0.15, 0.2) is 24.3 Å². The lowest BCUT2D eigenvalue weighted by atomic mass is 10.1. The summed E-state index contributed by atoms with van der Waals surface area (Å²) in [6, 6.07) is 5.27. The summed E-state index contributed by atoms with van der Waals surface area (Å²) in [4.78, 5) is 22.2. The van der Waals surface area contributed by atoms with Gasteiger partial charge < -0.3 is 9.84 Å². The molecular weight excluding hydrogens is 260 g/mol. The molecule has 0 saturated carbocycles. The number of esters is 1. The first-order chi connectivity index (χ1) is 9.61. The molecule has 0 bridgehead atoms. The van der Waals surface area contributed by atoms with Crippen LogP contribution < -0.4 is 0 Å². The van der Waals surface area contributed by atoms with Crippen molar-refractivity contribution in [3.63, 3.8) is 0 Å². The third-order valence-corrected chi connectivity index (χ3v) is 2.69. The number of aromatic nitrogens is 2. The number of aromatic carboxylic acids is 1. The molecule has 0 amide bonds. The van der Waals surface area contributed by atoms with E-state index in [9.17, 15) is 9.59 Å². The van der Waals surface area contributed by atoms with Crippen molar-refractivity contribution in [2.75, 3.05) is 6.61 Å². The summed E-state index contributed by atoms with van der Waals surface area (Å²) in [6.45, 7) is 2.11. The second-order valence-corrected chi connectivity index (χ2v) is 4.09. The first kappa shape index (κ1) is 13.8. The minimum absolute atomic E-state index is 0.0133. The molecule has 0 radical (unpaired) electrons. The number of hydrogen-bond donors (Lipinski definition) is 2. The van der Waals surface area contributed by atoms with Gasteiger partial charge in [-0.15, -0.1) is 0 Å². The van der Waals surface area contributed by atoms with Crippen LogP contribution in [0.5, 0.6) is 0 Å². The van der Waals surface area contributed by atoms with Crippen LogP contribution in [0.3, 0.4) is 0 Å². The van der Waals surface area contributed by atoms with E-state index in [0.29, 0.717) is 17.5 Å². The Kier molecular flexibility index (Phi) is 4.14. The Balaban J connectivity index is 2.19. The fraction of sp³-hybridized carbons (Fsp3) is 0.214. The van der Waals surface area contributed by atoms with Gasteiger partial charge in [0.2, 0.25) is 0 Å². The molecule has 6 heteroatoms. The number of H-pyrrole nitrogens is 1. The smallest absolute Gasteiger partial charge is 0.357 e. The van der Waals surface area contributed by atoms with Crippen LogP contribution in [0.1, 0.15) is 29.4 Å². The summed E-state index contributed by atoms with van der Waals surface area (Å²) in [5.41, 5.74) is 1.44. The van der Waals surface area contributed by atoms with Crippen LogP contribution in [-0.2, 0) is 9.53 Å². The van der Waals surface area contributed by atoms with Crippen molar-refractivity contribution in [2.45, 2.75) is 13.3 Å². The van der Waals surface area contributed by atoms with Gasteiger partial charge in [0.1, 0.15) is 0 Å². The predicted molar refractivity (Wildman–Crippen MR) is 73.3 cm³/mol. The molecule has 0 unspecified atom stereocenters. The van der Waals surface area contributed by atoms with Crippen LogP contribution in [0.2, 0.25) is 0 Å². The quantitative estimate of drug-likeness (QED) is 0.815. The molecule has 2 aromatic rings. The monoisotopic (exact) mass is 274 g/mol. The standard InChI is InChI=1S/C14H14N2O4/c1-2-20-12(17)5-3-4-9-6-7-11-10(8-9)13(14(18)19)16-15-11/h3-4,6-8H,2,5H2,1H3,(H,15,16)(H,18,19). The number of benzene rings is 1. The van der Waals surface area contributed by atoms with E-state index in [1.807, 2.05) is 6.07 Å². The molecular formula is C14H14N2O4. The van der Waals surface area contributed by atoms with E-state index in [0.717, 1.165) is 5.56 Å². The van der Waals surface area contributed by atoms with Gasteiger partial charge in [-0.1, -0.05) is 18.2 Å². The molecule has 0 spiro atoms. The number of carboxylic acids is 1. The molecule has 104 valence electrons. The highest BCUT2D eigenvalue weighted by Gasteiger charge is 2.12. The molecule has 1 aromatic heterocycles. The van der Waals surface area contributed by atoms with Crippen molar-refractivity contribution in [2.24, 2.45) is 0 Å². The van der Waals surface area contributed by atoms with Crippen LogP contribution in [0.4, 0.5) is 0 Å². The molecule has 0 aliphatic rings. The van der Waals surface area contributed by atoms with Crippen LogP contribution in [-0.4, -0.2) is 33.8 Å². The average Bonchev–Trinajstić information content (AvgIpc) is 2.82. The minimum atomic E-state index is -1.08. The van der Waals surface area contributed by atoms with Gasteiger partial charge in [0.25, 0.3) is 0 Å². The van der Waals surface area contributed by atoms with Gasteiger partial charge in [-0.05, 0) is 24.6 Å². The summed E-state index contributed by atoms with van der Waals surface area (Å²) in [6.07, 6.45) is 3.61. The van der Waals surface area contributed by atoms with Gasteiger partial charge in [0.05, 0.1) is 18.5 Å². The average molecular weight is 274 g/mol. The van der Waals surface area contributed by atoms with Crippen molar-refractivity contribution in [1.29, 1.82) is 0 Å². The van der Waals surface area contributed by atoms with Crippen molar-refractivity contribution < 1.29 is 19.4 Å². The zero-order valence-corrected chi connectivity index (χ0v) is 10.9. The summed E-state index contributed by atoms with van der Waals surface area (Å²) >= 11 is 0. The number of carboxylic acid groups (broad SMARTS) is 1. The second-order valence-electron chi connectivity index (χ2n) is 4.09. The second kappa shape index (κ2) is 6.01. The molecule has 0 saturated heterocycles. The minimum Gasteiger partial charge on any atom is -0.476 e. The van der Waals surface area contributed by atoms with E-state index in [-0.39, 0.29) is 18.1 Å². The number of rotatable bonds is 5. The first-order valence-electron chi connectivity index (χ1n) is 6.15. The van der Waals surface area contributed by atoms with Crippen molar-refractivity contribution in [1.82, 2.24) is 10.2 Å². The summed E-state index contributed by atoms with van der Waals surface area (Å²) in [5, 5.41) is 16.0. The van der Waals surface area contributed by atoms with E-state index in [2.05, 4.69) is 10.2 Å². The summed E-state index contributed by atoms with van der Waals surface area (Å²) in [5.74, 6) is -1.37. The third kappa shape index (κ3) is 3.03. The van der Waals surface area contributed by atoms with E-state index in [4.69, 9.17) is 9.84 Å². The Morgan fingerprint density at radius 2 is 2.25 bits per heavy atom. The molecule has 2 rings (SSSR count). The highest BCUT2D eigenvalue weighted by molar-refractivity contribution is 6.01. The number of carbonyl (C=O) groups excluding carboxylic acids is 1. The maximum atomic E-state index is 11.2. The zero-order valence-electron chi connectivity index (χ0n) is 10.9. The molecule has 6 nitrogen and oxygen atoms in total. The van der Waals surface area contributed by atoms with E-state index < -0.39 is 5.97 Å². The lowest BCUT2D eigenvalue weighted by molar-refractivity contribution is -0.142. The number of nitrogens with zero attached hydrogens (tertiary/aromatic N) is 1. The van der Waals surface area contributed by atoms with E-state index in [1.54, 1.807) is 31.2 Å². The normalized spacial score (nSPS) is 11.1. The Morgan fingerprint density at radius 1 is 1.45 bits per heavy atom. The number of fused-ring (bicyclic) bond motifs is 1. The number of aromatic amines is 1. The van der Waals surface area contributed by atoms with Crippen molar-refractivity contribution >= 4 is 28.9 Å². The Bertz CT molecular complexity index is 673. The summed E-state index contributed by atoms with van der Waals surface area (Å²) in [7, 11) is 0. The van der Waals surface area contributed by atoms with Gasteiger partial charge in [-0.25, -0.2) is 4.79 Å². The summed E-state index contributed by atoms with van der Waals surface area (Å²) < 4.78 is 4.81. The van der Waals surface area contributed by atoms with Gasteiger partial charge in [-0.2, -0.15) is 5.10 Å². The number of carbonyl (C=O) groups is 2.